The molecule has 0 aliphatic heterocycles. The average Bonchev–Trinajstić information content (AvgIpc) is 2.95. The molecule has 1 atom stereocenters. The molecule has 1 aromatic carbocycles. The van der Waals surface area contributed by atoms with Crippen molar-refractivity contribution in [3.05, 3.63) is 47.0 Å². The van der Waals surface area contributed by atoms with Crippen LogP contribution >= 0.6 is 7.92 Å². The summed E-state index contributed by atoms with van der Waals surface area (Å²) in [6, 6.07) is 3.18. The van der Waals surface area contributed by atoms with Gasteiger partial charge in [0.1, 0.15) is 24.0 Å². The second kappa shape index (κ2) is 7.40. The summed E-state index contributed by atoms with van der Waals surface area (Å²) in [5, 5.41) is 10.2. The van der Waals surface area contributed by atoms with Gasteiger partial charge in [-0.05, 0) is 37.9 Å². The van der Waals surface area contributed by atoms with Crippen molar-refractivity contribution in [2.24, 2.45) is 0 Å². The van der Waals surface area contributed by atoms with Crippen LogP contribution in [0.5, 0.6) is 5.75 Å². The predicted octanol–water partition coefficient (Wildman–Crippen LogP) is 5.25. The van der Waals surface area contributed by atoms with Crippen molar-refractivity contribution in [1.82, 2.24) is 4.57 Å². The lowest BCUT2D eigenvalue weighted by Crippen LogP contribution is -2.32. The van der Waals surface area contributed by atoms with Crippen LogP contribution in [0.1, 0.15) is 35.8 Å². The Balaban J connectivity index is 2.12. The first-order valence-corrected chi connectivity index (χ1v) is 10.7. The lowest BCUT2D eigenvalue weighted by atomic mass is 9.91. The summed E-state index contributed by atoms with van der Waals surface area (Å²) >= 11 is 0. The quantitative estimate of drug-likeness (QED) is 0.543. The fourth-order valence-electron chi connectivity index (χ4n) is 3.11. The van der Waals surface area contributed by atoms with E-state index >= 15 is 0 Å². The number of nitrogens with zero attached hydrogens (tertiary/aromatic N) is 1. The Bertz CT molecular complexity index is 837. The zero-order chi connectivity index (χ0) is 19.9. The summed E-state index contributed by atoms with van der Waals surface area (Å²) in [6.45, 7) is 3.89. The minimum atomic E-state index is -3.31. The van der Waals surface area contributed by atoms with Gasteiger partial charge in [-0.1, -0.05) is 7.92 Å². The van der Waals surface area contributed by atoms with Crippen LogP contribution in [-0.4, -0.2) is 35.3 Å². The lowest BCUT2D eigenvalue weighted by Gasteiger charge is -2.29. The standard InChI is InChI=1S/C18H19F5NO2P/c1-27(2)9-26-14-8-24(10-3-4-12(19)11(7-10)17(20)21)13-5-6-18(22,23)16(25)15(13)14/h3-4,7-8,16-17,25H,5-6,9H2,1-2H3. The van der Waals surface area contributed by atoms with Crippen molar-refractivity contribution in [2.75, 3.05) is 19.7 Å². The number of hydrogen-bond donors (Lipinski definition) is 1. The maximum Gasteiger partial charge on any atom is 0.278 e. The van der Waals surface area contributed by atoms with Crippen LogP contribution < -0.4 is 4.74 Å². The van der Waals surface area contributed by atoms with Crippen molar-refractivity contribution in [3.8, 4) is 11.4 Å². The number of ether oxygens (including phenoxy) is 1. The molecule has 1 aliphatic carbocycles. The molecule has 0 saturated heterocycles. The molecule has 1 heterocycles. The number of aromatic nitrogens is 1. The van der Waals surface area contributed by atoms with Crippen LogP contribution in [0.25, 0.3) is 5.69 Å². The third-order valence-corrected chi connectivity index (χ3v) is 5.10. The van der Waals surface area contributed by atoms with Gasteiger partial charge in [0.05, 0.1) is 17.3 Å². The average molecular weight is 407 g/mol. The highest BCUT2D eigenvalue weighted by Crippen LogP contribution is 2.47. The SMILES string of the molecule is CP(C)COc1cn(-c2ccc(F)c(C(F)F)c2)c2c1C(O)C(F)(F)CC2. The first-order valence-electron chi connectivity index (χ1n) is 8.27. The smallest absolute Gasteiger partial charge is 0.278 e. The summed E-state index contributed by atoms with van der Waals surface area (Å²) in [7, 11) is -0.488. The topological polar surface area (TPSA) is 34.4 Å². The molecular formula is C18H19F5NO2P. The van der Waals surface area contributed by atoms with Crippen molar-refractivity contribution < 1.29 is 31.8 Å². The first kappa shape index (κ1) is 20.1. The molecule has 0 bridgehead atoms. The zero-order valence-electron chi connectivity index (χ0n) is 14.7. The molecule has 3 nitrogen and oxygen atoms in total. The minimum Gasteiger partial charge on any atom is -0.487 e. The summed E-state index contributed by atoms with van der Waals surface area (Å²) in [4.78, 5) is 0. The van der Waals surface area contributed by atoms with Crippen molar-refractivity contribution in [3.63, 3.8) is 0 Å². The molecule has 0 spiro atoms. The summed E-state index contributed by atoms with van der Waals surface area (Å²) < 4.78 is 74.8. The highest BCUT2D eigenvalue weighted by Gasteiger charge is 2.46. The Morgan fingerprint density at radius 3 is 2.67 bits per heavy atom. The van der Waals surface area contributed by atoms with Gasteiger partial charge in [0.2, 0.25) is 0 Å². The van der Waals surface area contributed by atoms with Gasteiger partial charge in [-0.25, -0.2) is 22.0 Å². The second-order valence-corrected chi connectivity index (χ2v) is 9.16. The summed E-state index contributed by atoms with van der Waals surface area (Å²) in [6.07, 6.45) is -4.01. The van der Waals surface area contributed by atoms with Crippen LogP contribution in [0, 0.1) is 5.82 Å². The highest BCUT2D eigenvalue weighted by molar-refractivity contribution is 7.55. The van der Waals surface area contributed by atoms with Gasteiger partial charge >= 0.3 is 0 Å². The van der Waals surface area contributed by atoms with E-state index in [0.29, 0.717) is 12.0 Å². The van der Waals surface area contributed by atoms with E-state index in [1.807, 2.05) is 13.3 Å². The molecule has 1 aliphatic rings. The van der Waals surface area contributed by atoms with E-state index in [2.05, 4.69) is 0 Å². The van der Waals surface area contributed by atoms with Gasteiger partial charge in [-0.2, -0.15) is 0 Å². The van der Waals surface area contributed by atoms with Crippen LogP contribution in [0.3, 0.4) is 0 Å². The minimum absolute atomic E-state index is 0.0361. The Labute approximate surface area is 154 Å². The molecule has 0 amide bonds. The van der Waals surface area contributed by atoms with Crippen LogP contribution in [0.4, 0.5) is 22.0 Å². The number of fused-ring (bicyclic) bond motifs is 1. The van der Waals surface area contributed by atoms with Gasteiger partial charge < -0.3 is 14.4 Å². The van der Waals surface area contributed by atoms with Gasteiger partial charge in [-0.15, -0.1) is 0 Å². The van der Waals surface area contributed by atoms with E-state index in [1.54, 1.807) is 0 Å². The van der Waals surface area contributed by atoms with Gasteiger partial charge in [0, 0.05) is 17.8 Å². The number of rotatable bonds is 5. The third-order valence-electron chi connectivity index (χ3n) is 4.45. The summed E-state index contributed by atoms with van der Waals surface area (Å²) in [5.41, 5.74) is -0.256. The molecule has 9 heteroatoms. The molecule has 1 N–H and O–H groups in total. The molecule has 3 rings (SSSR count). The van der Waals surface area contributed by atoms with E-state index in [4.69, 9.17) is 4.74 Å². The zero-order valence-corrected chi connectivity index (χ0v) is 15.6. The Kier molecular flexibility index (Phi) is 5.50. The molecular weight excluding hydrogens is 388 g/mol. The van der Waals surface area contributed by atoms with Gasteiger partial charge in [0.15, 0.2) is 0 Å². The van der Waals surface area contributed by atoms with Crippen LogP contribution in [-0.2, 0) is 6.42 Å². The molecule has 2 aromatic rings. The normalized spacial score (nSPS) is 18.8. The molecule has 1 aromatic heterocycles. The third kappa shape index (κ3) is 3.83. The predicted molar refractivity (Wildman–Crippen MR) is 93.2 cm³/mol. The van der Waals surface area contributed by atoms with E-state index < -0.39 is 44.2 Å². The molecule has 0 fully saturated rings. The van der Waals surface area contributed by atoms with E-state index in [1.165, 1.54) is 16.8 Å². The van der Waals surface area contributed by atoms with Crippen molar-refractivity contribution in [2.45, 2.75) is 31.3 Å². The van der Waals surface area contributed by atoms with E-state index in [0.717, 1.165) is 12.1 Å². The van der Waals surface area contributed by atoms with E-state index in [-0.39, 0.29) is 23.4 Å². The molecule has 0 radical (unpaired) electrons. The van der Waals surface area contributed by atoms with Crippen molar-refractivity contribution in [1.29, 1.82) is 0 Å². The molecule has 1 unspecified atom stereocenters. The highest BCUT2D eigenvalue weighted by atomic mass is 31.1. The van der Waals surface area contributed by atoms with Crippen molar-refractivity contribution >= 4 is 7.92 Å². The first-order chi connectivity index (χ1) is 12.6. The number of aliphatic hydroxyl groups excluding tert-OH is 1. The number of benzene rings is 1. The fourth-order valence-corrected chi connectivity index (χ4v) is 3.51. The fraction of sp³-hybridized carbons (Fsp3) is 0.444. The second-order valence-electron chi connectivity index (χ2n) is 6.75. The number of alkyl halides is 4. The molecule has 148 valence electrons. The summed E-state index contributed by atoms with van der Waals surface area (Å²) in [5.74, 6) is -4.26. The number of halogens is 5. The maximum atomic E-state index is 14.0. The monoisotopic (exact) mass is 407 g/mol. The number of aliphatic hydroxyl groups is 1. The lowest BCUT2D eigenvalue weighted by molar-refractivity contribution is -0.122. The molecule has 27 heavy (non-hydrogen) atoms. The Morgan fingerprint density at radius 1 is 1.33 bits per heavy atom. The number of hydrogen-bond acceptors (Lipinski definition) is 2. The van der Waals surface area contributed by atoms with Gasteiger partial charge in [-0.3, -0.25) is 0 Å². The van der Waals surface area contributed by atoms with Gasteiger partial charge in [0.25, 0.3) is 12.3 Å². The van der Waals surface area contributed by atoms with Crippen LogP contribution in [0.2, 0.25) is 0 Å². The maximum absolute atomic E-state index is 14.0. The largest absolute Gasteiger partial charge is 0.487 e. The van der Waals surface area contributed by atoms with E-state index in [9.17, 15) is 27.1 Å². The molecule has 0 saturated carbocycles. The Hall–Kier alpha value is -1.66. The van der Waals surface area contributed by atoms with Crippen LogP contribution in [0.15, 0.2) is 24.4 Å². The Morgan fingerprint density at radius 2 is 2.04 bits per heavy atom.